The summed E-state index contributed by atoms with van der Waals surface area (Å²) in [7, 11) is 0. The van der Waals surface area contributed by atoms with E-state index in [2.05, 4.69) is 31.0 Å². The second-order valence-electron chi connectivity index (χ2n) is 4.91. The fourth-order valence-electron chi connectivity index (χ4n) is 1.97. The number of nitrogens with one attached hydrogen (secondary N) is 1. The van der Waals surface area contributed by atoms with E-state index in [1.54, 1.807) is 6.08 Å². The zero-order chi connectivity index (χ0) is 12.0. The molecule has 1 saturated carbocycles. The van der Waals surface area contributed by atoms with Gasteiger partial charge in [0.25, 0.3) is 0 Å². The van der Waals surface area contributed by atoms with Crippen LogP contribution in [0.15, 0.2) is 24.8 Å². The fourth-order valence-corrected chi connectivity index (χ4v) is 1.97. The third-order valence-electron chi connectivity index (χ3n) is 3.60. The van der Waals surface area contributed by atoms with Crippen molar-refractivity contribution >= 4 is 0 Å². The van der Waals surface area contributed by atoms with Crippen LogP contribution in [0.3, 0.4) is 0 Å². The molecule has 1 rings (SSSR count). The molecule has 0 bridgehead atoms. The molecule has 2 heteroatoms. The highest BCUT2D eigenvalue weighted by molar-refractivity contribution is 5.05. The average Bonchev–Trinajstić information content (AvgIpc) is 2.20. The lowest BCUT2D eigenvalue weighted by Gasteiger charge is -2.27. The Bertz CT molecular complexity index is 241. The monoisotopic (exact) mass is 223 g/mol. The summed E-state index contributed by atoms with van der Waals surface area (Å²) < 4.78 is 0. The molecule has 0 aliphatic heterocycles. The molecule has 0 aromatic rings. The largest absolute Gasteiger partial charge is 0.385 e. The van der Waals surface area contributed by atoms with Crippen LogP contribution in [0.4, 0.5) is 0 Å². The number of aliphatic hydroxyl groups is 1. The highest BCUT2D eigenvalue weighted by Crippen LogP contribution is 2.23. The van der Waals surface area contributed by atoms with E-state index in [4.69, 9.17) is 0 Å². The van der Waals surface area contributed by atoms with E-state index >= 15 is 0 Å². The van der Waals surface area contributed by atoms with Gasteiger partial charge in [0.2, 0.25) is 0 Å². The molecule has 92 valence electrons. The van der Waals surface area contributed by atoms with Gasteiger partial charge in [-0.2, -0.15) is 0 Å². The molecule has 0 heterocycles. The Balaban J connectivity index is 2.30. The predicted octanol–water partition coefficient (Wildman–Crippen LogP) is 2.65. The molecule has 16 heavy (non-hydrogen) atoms. The molecule has 0 saturated heterocycles. The van der Waals surface area contributed by atoms with Crippen molar-refractivity contribution in [2.75, 3.05) is 6.54 Å². The minimum Gasteiger partial charge on any atom is -0.385 e. The normalized spacial score (nSPS) is 22.7. The van der Waals surface area contributed by atoms with E-state index in [1.807, 2.05) is 6.92 Å². The van der Waals surface area contributed by atoms with Gasteiger partial charge in [-0.1, -0.05) is 31.6 Å². The van der Waals surface area contributed by atoms with Crippen LogP contribution in [0.2, 0.25) is 0 Å². The topological polar surface area (TPSA) is 32.3 Å². The maximum Gasteiger partial charge on any atom is 0.0859 e. The number of hydrogen-bond donors (Lipinski definition) is 2. The summed E-state index contributed by atoms with van der Waals surface area (Å²) in [6, 6.07) is 0.727. The van der Waals surface area contributed by atoms with E-state index in [0.29, 0.717) is 0 Å². The summed E-state index contributed by atoms with van der Waals surface area (Å²) in [4.78, 5) is 0. The molecule has 1 fully saturated rings. The van der Waals surface area contributed by atoms with Crippen LogP contribution in [0.1, 0.15) is 39.5 Å². The second kappa shape index (κ2) is 6.21. The van der Waals surface area contributed by atoms with Gasteiger partial charge in [0, 0.05) is 18.5 Å². The average molecular weight is 223 g/mol. The van der Waals surface area contributed by atoms with E-state index in [0.717, 1.165) is 19.0 Å². The van der Waals surface area contributed by atoms with Crippen molar-refractivity contribution in [3.8, 4) is 0 Å². The Labute approximate surface area is 99.4 Å². The highest BCUT2D eigenvalue weighted by atomic mass is 16.3. The van der Waals surface area contributed by atoms with Gasteiger partial charge in [-0.25, -0.2) is 0 Å². The van der Waals surface area contributed by atoms with Crippen LogP contribution in [0, 0.1) is 5.92 Å². The fraction of sp³-hybridized carbons (Fsp3) is 0.714. The number of hydrogen-bond acceptors (Lipinski definition) is 2. The Hall–Kier alpha value is -0.600. The summed E-state index contributed by atoms with van der Waals surface area (Å²) in [6.07, 6.45) is 10.8. The molecule has 0 amide bonds. The molecule has 1 aliphatic rings. The zero-order valence-electron chi connectivity index (χ0n) is 10.6. The third kappa shape index (κ3) is 3.76. The van der Waals surface area contributed by atoms with Crippen molar-refractivity contribution in [3.05, 3.63) is 24.8 Å². The van der Waals surface area contributed by atoms with Gasteiger partial charge >= 0.3 is 0 Å². The predicted molar refractivity (Wildman–Crippen MR) is 69.4 cm³/mol. The van der Waals surface area contributed by atoms with Crippen molar-refractivity contribution in [1.82, 2.24) is 5.32 Å². The molecule has 2 nitrogen and oxygen atoms in total. The smallest absolute Gasteiger partial charge is 0.0859 e. The summed E-state index contributed by atoms with van der Waals surface area (Å²) in [5.74, 6) is 0.160. The number of rotatable bonds is 7. The van der Waals surface area contributed by atoms with Gasteiger partial charge in [0.1, 0.15) is 0 Å². The van der Waals surface area contributed by atoms with E-state index in [1.165, 1.54) is 19.3 Å². The van der Waals surface area contributed by atoms with Gasteiger partial charge in [0.15, 0.2) is 0 Å². The summed E-state index contributed by atoms with van der Waals surface area (Å²) >= 11 is 0. The molecule has 0 aromatic heterocycles. The molecule has 1 aliphatic carbocycles. The van der Waals surface area contributed by atoms with Crippen molar-refractivity contribution < 1.29 is 5.11 Å². The minimum absolute atomic E-state index is 0.160. The molecule has 0 radical (unpaired) electrons. The minimum atomic E-state index is -0.790. The first-order valence-electron chi connectivity index (χ1n) is 6.36. The van der Waals surface area contributed by atoms with Crippen molar-refractivity contribution in [1.29, 1.82) is 0 Å². The highest BCUT2D eigenvalue weighted by Gasteiger charge is 2.24. The van der Waals surface area contributed by atoms with Crippen molar-refractivity contribution in [2.24, 2.45) is 5.92 Å². The van der Waals surface area contributed by atoms with E-state index in [-0.39, 0.29) is 5.92 Å². The van der Waals surface area contributed by atoms with E-state index < -0.39 is 5.60 Å². The third-order valence-corrected chi connectivity index (χ3v) is 3.60. The van der Waals surface area contributed by atoms with Crippen LogP contribution in [-0.4, -0.2) is 23.3 Å². The molecule has 2 N–H and O–H groups in total. The Morgan fingerprint density at radius 1 is 1.56 bits per heavy atom. The Morgan fingerprint density at radius 3 is 2.69 bits per heavy atom. The quantitative estimate of drug-likeness (QED) is 0.650. The molecular formula is C14H25NO. The van der Waals surface area contributed by atoms with Gasteiger partial charge in [-0.15, -0.1) is 6.58 Å². The first kappa shape index (κ1) is 13.5. The van der Waals surface area contributed by atoms with Crippen LogP contribution in [0.5, 0.6) is 0 Å². The maximum absolute atomic E-state index is 10.1. The Morgan fingerprint density at radius 2 is 2.25 bits per heavy atom. The first-order chi connectivity index (χ1) is 7.60. The second-order valence-corrected chi connectivity index (χ2v) is 4.91. The standard InChI is InChI=1S/C14H25NO/c1-4-12(14(3,16)5-2)8-7-11-15-13-9-6-10-13/h5,7-8,12-13,15-16H,2,4,6,9-11H2,1,3H3/b8-7+. The van der Waals surface area contributed by atoms with E-state index in [9.17, 15) is 5.11 Å². The van der Waals surface area contributed by atoms with Crippen LogP contribution in [-0.2, 0) is 0 Å². The summed E-state index contributed by atoms with van der Waals surface area (Å²) in [5, 5.41) is 13.5. The SMILES string of the molecule is C=CC(C)(O)C(/C=C/CNC1CCC1)CC. The van der Waals surface area contributed by atoms with Crippen LogP contribution in [0.25, 0.3) is 0 Å². The molecule has 0 aromatic carbocycles. The summed E-state index contributed by atoms with van der Waals surface area (Å²) in [6.45, 7) is 8.50. The zero-order valence-corrected chi connectivity index (χ0v) is 10.6. The van der Waals surface area contributed by atoms with Gasteiger partial charge in [-0.05, 0) is 26.2 Å². The molecule has 2 atom stereocenters. The van der Waals surface area contributed by atoms with Crippen LogP contribution < -0.4 is 5.32 Å². The lowest BCUT2D eigenvalue weighted by molar-refractivity contribution is 0.0657. The molecule has 0 spiro atoms. The van der Waals surface area contributed by atoms with Crippen molar-refractivity contribution in [2.45, 2.75) is 51.2 Å². The molecule has 2 unspecified atom stereocenters. The van der Waals surface area contributed by atoms with Crippen LogP contribution >= 0.6 is 0 Å². The van der Waals surface area contributed by atoms with Gasteiger partial charge in [0.05, 0.1) is 5.60 Å². The lowest BCUT2D eigenvalue weighted by Crippen LogP contribution is -2.35. The maximum atomic E-state index is 10.1. The van der Waals surface area contributed by atoms with Crippen molar-refractivity contribution in [3.63, 3.8) is 0 Å². The van der Waals surface area contributed by atoms with Gasteiger partial charge in [-0.3, -0.25) is 0 Å². The molecular weight excluding hydrogens is 198 g/mol. The summed E-state index contributed by atoms with van der Waals surface area (Å²) in [5.41, 5.74) is -0.790. The van der Waals surface area contributed by atoms with Gasteiger partial charge < -0.3 is 10.4 Å². The lowest BCUT2D eigenvalue weighted by atomic mass is 9.87. The Kier molecular flexibility index (Phi) is 5.23. The first-order valence-corrected chi connectivity index (χ1v) is 6.36.